The van der Waals surface area contributed by atoms with Crippen LogP contribution >= 0.6 is 31.9 Å². The molecule has 0 saturated carbocycles. The molecule has 2 aliphatic carbocycles. The van der Waals surface area contributed by atoms with Gasteiger partial charge >= 0.3 is 11.9 Å². The predicted molar refractivity (Wildman–Crippen MR) is 310 cm³/mol. The second kappa shape index (κ2) is 25.8. The molecule has 0 bridgehead atoms. The maximum Gasteiger partial charge on any atom is 0.303 e. The van der Waals surface area contributed by atoms with Crippen molar-refractivity contribution in [2.45, 2.75) is 90.4 Å². The number of aliphatic carboxylic acids is 2. The minimum Gasteiger partial charge on any atom is -0.494 e. The monoisotopic (exact) mass is 1230 g/mol. The lowest BCUT2D eigenvalue weighted by atomic mass is 9.90. The second-order valence-electron chi connectivity index (χ2n) is 20.5. The molecular weight excluding hydrogens is 1170 g/mol. The fourth-order valence-corrected chi connectivity index (χ4v) is 11.8. The second-order valence-corrected chi connectivity index (χ2v) is 22.2. The molecule has 4 heterocycles. The summed E-state index contributed by atoms with van der Waals surface area (Å²) in [6.45, 7) is 2.16. The van der Waals surface area contributed by atoms with Gasteiger partial charge in [0.2, 0.25) is 11.8 Å². The normalized spacial score (nSPS) is 12.8. The SMILES string of the molecule is CN(C)CCCn1c(O)c2cc(Br)c3c4c2c(c(=NCCOCCOCCN=c2cc5c(=O)n(CCCCCC(=O)O)c(=O)c6c(Br)cc7c(O)n(CCCCCC(=O)O)c(=O)c2c7c6-5)cc-4c(=O)n(CCCN(C)C)c3=O)c1=O. The number of unbranched alkanes of at least 4 members (excludes halogenated alkanes) is 4. The van der Waals surface area contributed by atoms with E-state index in [0.717, 1.165) is 4.57 Å². The smallest absolute Gasteiger partial charge is 0.303 e. The van der Waals surface area contributed by atoms with Crippen LogP contribution in [0.2, 0.25) is 0 Å². The zero-order chi connectivity index (χ0) is 57.7. The van der Waals surface area contributed by atoms with Crippen molar-refractivity contribution in [3.05, 3.63) is 106 Å². The minimum atomic E-state index is -0.947. The fraction of sp³-hybridized carbons (Fsp3) is 0.464. The van der Waals surface area contributed by atoms with Gasteiger partial charge in [-0.25, -0.2) is 0 Å². The lowest BCUT2D eigenvalue weighted by Gasteiger charge is -2.21. The van der Waals surface area contributed by atoms with Crippen LogP contribution in [0, 0.1) is 0 Å². The molecule has 0 fully saturated rings. The molecule has 4 N–H and O–H groups in total. The molecule has 0 radical (unpaired) electrons. The van der Waals surface area contributed by atoms with Gasteiger partial charge in [-0.1, -0.05) is 12.8 Å². The number of ether oxygens (including phenoxy) is 2. The van der Waals surface area contributed by atoms with Crippen molar-refractivity contribution in [1.82, 2.24) is 28.1 Å². The van der Waals surface area contributed by atoms with E-state index in [1.807, 2.05) is 38.0 Å². The van der Waals surface area contributed by atoms with Crippen LogP contribution in [0.15, 0.2) is 72.0 Å². The van der Waals surface area contributed by atoms with E-state index < -0.39 is 45.3 Å². The molecule has 0 unspecified atom stereocenters. The van der Waals surface area contributed by atoms with Crippen molar-refractivity contribution >= 4 is 86.9 Å². The zero-order valence-electron chi connectivity index (χ0n) is 45.1. The highest BCUT2D eigenvalue weighted by Crippen LogP contribution is 2.42. The average molecular weight is 1230 g/mol. The highest BCUT2D eigenvalue weighted by Gasteiger charge is 2.30. The standard InChI is InChI=1S/C56H64Br2N8O14/c1-61(2)17-11-21-65-52(74)34-30-38(48-44-32(28-36(58)46(42(34)44)54(65)76)50(72)66(56(48)78)22-12-18-62(3)4)60-16-24-80-26-25-79-23-15-59-37-29-33-41-43-31(49(71)64(55(77)47(37)43)20-10-6-8-14-40(69)70)27-35(57)45(41)53(75)63(51(33)73)19-9-5-7-13-39(67)68/h27-30,71-72H,5-26H2,1-4H3,(H,67,68)(H,69,70). The first-order valence-corrected chi connectivity index (χ1v) is 28.2. The van der Waals surface area contributed by atoms with E-state index >= 15 is 0 Å². The molecule has 0 spiro atoms. The van der Waals surface area contributed by atoms with Crippen LogP contribution in [0.3, 0.4) is 0 Å². The molecule has 4 aromatic rings. The molecule has 24 heteroatoms. The number of carbonyl (C=O) groups is 2. The summed E-state index contributed by atoms with van der Waals surface area (Å²) in [7, 11) is 7.62. The van der Waals surface area contributed by atoms with Gasteiger partial charge in [0.25, 0.3) is 33.4 Å². The van der Waals surface area contributed by atoms with E-state index in [9.17, 15) is 48.6 Å². The number of halogens is 2. The minimum absolute atomic E-state index is 0.0164. The zero-order valence-corrected chi connectivity index (χ0v) is 48.2. The number of hydrogen-bond donors (Lipinski definition) is 4. The summed E-state index contributed by atoms with van der Waals surface area (Å²) < 4.78 is 17.2. The first-order valence-electron chi connectivity index (χ1n) is 26.6. The lowest BCUT2D eigenvalue weighted by Crippen LogP contribution is -2.37. The molecule has 22 nitrogen and oxygen atoms in total. The number of carboxylic acid groups (broad SMARTS) is 2. The third-order valence-corrected chi connectivity index (χ3v) is 15.6. The maximum absolute atomic E-state index is 14.5. The van der Waals surface area contributed by atoms with Gasteiger partial charge in [-0.2, -0.15) is 0 Å². The van der Waals surface area contributed by atoms with Gasteiger partial charge in [-0.3, -0.25) is 66.6 Å². The summed E-state index contributed by atoms with van der Waals surface area (Å²) in [5.74, 6) is -2.56. The van der Waals surface area contributed by atoms with Gasteiger partial charge in [-0.15, -0.1) is 0 Å². The van der Waals surface area contributed by atoms with Gasteiger partial charge in [0, 0.05) is 80.6 Å². The molecule has 2 aliphatic heterocycles. The average Bonchev–Trinajstić information content (AvgIpc) is 3.41. The quantitative estimate of drug-likeness (QED) is 0.0376. The molecule has 2 aromatic carbocycles. The van der Waals surface area contributed by atoms with Gasteiger partial charge in [-0.05, 0) is 136 Å². The van der Waals surface area contributed by atoms with E-state index in [0.29, 0.717) is 74.3 Å². The molecule has 0 atom stereocenters. The number of nitrogens with zero attached hydrogens (tertiary/aromatic N) is 8. The molecule has 2 aromatic heterocycles. The fourth-order valence-electron chi connectivity index (χ4n) is 10.6. The number of rotatable bonds is 29. The number of aromatic hydroxyl groups is 2. The highest BCUT2D eigenvalue weighted by molar-refractivity contribution is 9.11. The number of pyridine rings is 4. The van der Waals surface area contributed by atoms with Crippen LogP contribution in [0.25, 0.3) is 65.3 Å². The Kier molecular flexibility index (Phi) is 19.2. The van der Waals surface area contributed by atoms with Crippen molar-refractivity contribution in [2.75, 3.05) is 80.8 Å². The molecule has 0 saturated heterocycles. The Labute approximate surface area is 473 Å². The highest BCUT2D eigenvalue weighted by atomic mass is 79.9. The summed E-state index contributed by atoms with van der Waals surface area (Å²) in [6, 6.07) is 6.15. The third-order valence-electron chi connectivity index (χ3n) is 14.4. The van der Waals surface area contributed by atoms with Crippen LogP contribution in [0.4, 0.5) is 0 Å². The van der Waals surface area contributed by atoms with Crippen molar-refractivity contribution < 1.29 is 39.5 Å². The summed E-state index contributed by atoms with van der Waals surface area (Å²) in [5.41, 5.74) is -2.66. The summed E-state index contributed by atoms with van der Waals surface area (Å²) in [6.07, 6.45) is 3.36. The maximum atomic E-state index is 14.5. The van der Waals surface area contributed by atoms with E-state index in [1.165, 1.54) is 25.8 Å². The first kappa shape index (κ1) is 59.4. The Bertz CT molecular complexity index is 4040. The number of benzene rings is 4. The van der Waals surface area contributed by atoms with Crippen LogP contribution < -0.4 is 44.1 Å². The number of carboxylic acids is 2. The van der Waals surface area contributed by atoms with Crippen LogP contribution in [0.5, 0.6) is 11.8 Å². The molecular formula is C56H64Br2N8O14. The van der Waals surface area contributed by atoms with E-state index in [4.69, 9.17) is 29.7 Å². The Morgan fingerprint density at radius 1 is 0.475 bits per heavy atom. The third kappa shape index (κ3) is 12.1. The summed E-state index contributed by atoms with van der Waals surface area (Å²) in [4.78, 5) is 121. The first-order chi connectivity index (χ1) is 38.2. The van der Waals surface area contributed by atoms with Gasteiger partial charge in [0.1, 0.15) is 0 Å². The largest absolute Gasteiger partial charge is 0.494 e. The van der Waals surface area contributed by atoms with Crippen LogP contribution in [0.1, 0.15) is 64.2 Å². The van der Waals surface area contributed by atoms with Crippen molar-refractivity contribution in [3.8, 4) is 34.0 Å². The number of aromatic nitrogens is 4. The van der Waals surface area contributed by atoms with E-state index in [1.54, 1.807) is 12.1 Å². The Morgan fingerprint density at radius 3 is 1.23 bits per heavy atom. The van der Waals surface area contributed by atoms with E-state index in [2.05, 4.69) is 31.9 Å². The predicted octanol–water partition coefficient (Wildman–Crippen LogP) is 4.29. The molecule has 8 rings (SSSR count). The lowest BCUT2D eigenvalue weighted by molar-refractivity contribution is -0.138. The van der Waals surface area contributed by atoms with Crippen molar-refractivity contribution in [1.29, 1.82) is 0 Å². The van der Waals surface area contributed by atoms with Gasteiger partial charge in [0.05, 0.1) is 82.9 Å². The van der Waals surface area contributed by atoms with Gasteiger partial charge in [0.15, 0.2) is 0 Å². The molecule has 0 amide bonds. The Morgan fingerprint density at radius 2 is 0.838 bits per heavy atom. The topological polar surface area (TPSA) is 287 Å². The summed E-state index contributed by atoms with van der Waals surface area (Å²) in [5, 5.41) is 43.4. The summed E-state index contributed by atoms with van der Waals surface area (Å²) >= 11 is 7.05. The van der Waals surface area contributed by atoms with Crippen molar-refractivity contribution in [3.63, 3.8) is 0 Å². The molecule has 80 heavy (non-hydrogen) atoms. The van der Waals surface area contributed by atoms with Crippen LogP contribution in [-0.4, -0.2) is 141 Å². The Balaban J connectivity index is 1.05. The Hall–Kier alpha value is -6.70. The van der Waals surface area contributed by atoms with Gasteiger partial charge < -0.3 is 39.7 Å². The molecule has 426 valence electrons. The number of hydrogen-bond acceptors (Lipinski definition) is 16. The van der Waals surface area contributed by atoms with Crippen LogP contribution in [-0.2, 0) is 45.2 Å². The van der Waals surface area contributed by atoms with Crippen molar-refractivity contribution in [2.24, 2.45) is 9.98 Å². The molecule has 4 aliphatic rings. The van der Waals surface area contributed by atoms with E-state index in [-0.39, 0.29) is 165 Å².